The van der Waals surface area contributed by atoms with E-state index in [1.807, 2.05) is 0 Å². The molecule has 0 bridgehead atoms. The Morgan fingerprint density at radius 3 is 2.18 bits per heavy atom. The maximum absolute atomic E-state index is 5.16. The van der Waals surface area contributed by atoms with Gasteiger partial charge in [-0.25, -0.2) is 0 Å². The number of hydrogen-bond acceptors (Lipinski definition) is 2. The van der Waals surface area contributed by atoms with Crippen LogP contribution in [0.25, 0.3) is 0 Å². The molecule has 0 aromatic carbocycles. The first-order chi connectivity index (χ1) is 8.28. The number of ether oxygens (including phenoxy) is 1. The number of hydrogen-bond donors (Lipinski definition) is 0. The molecule has 0 N–H and O–H groups in total. The first-order valence-corrected chi connectivity index (χ1v) is 7.49. The van der Waals surface area contributed by atoms with Gasteiger partial charge < -0.3 is 9.64 Å². The number of methoxy groups -OCH3 is 1. The summed E-state index contributed by atoms with van der Waals surface area (Å²) in [4.78, 5) is 2.52. The van der Waals surface area contributed by atoms with Crippen LogP contribution in [0.5, 0.6) is 0 Å². The fourth-order valence-corrected chi connectivity index (χ4v) is 2.32. The number of nitrogens with zero attached hydrogens (tertiary/aromatic N) is 1. The monoisotopic (exact) mass is 243 g/mol. The molecule has 0 rings (SSSR count). The molecule has 104 valence electrons. The average Bonchev–Trinajstić information content (AvgIpc) is 2.37. The van der Waals surface area contributed by atoms with E-state index in [4.69, 9.17) is 4.74 Å². The molecular weight excluding hydrogens is 210 g/mol. The zero-order chi connectivity index (χ0) is 12.9. The van der Waals surface area contributed by atoms with Gasteiger partial charge in [0.15, 0.2) is 0 Å². The Bertz CT molecular complexity index is 146. The molecule has 0 radical (unpaired) electrons. The lowest BCUT2D eigenvalue weighted by Crippen LogP contribution is -2.23. The van der Waals surface area contributed by atoms with Crippen LogP contribution < -0.4 is 0 Å². The standard InChI is InChI=1S/C15H33NO/c1-5-15(12-14-17-4)11-9-8-10-13-16(6-2)7-3/h15H,5-14H2,1-4H3/t15-/m1/s1. The minimum Gasteiger partial charge on any atom is -0.385 e. The maximum Gasteiger partial charge on any atom is 0.0464 e. The summed E-state index contributed by atoms with van der Waals surface area (Å²) < 4.78 is 5.16. The van der Waals surface area contributed by atoms with Crippen LogP contribution in [-0.4, -0.2) is 38.3 Å². The molecule has 0 aromatic rings. The minimum atomic E-state index is 0.878. The van der Waals surface area contributed by atoms with Crippen molar-refractivity contribution in [3.05, 3.63) is 0 Å². The highest BCUT2D eigenvalue weighted by Crippen LogP contribution is 2.17. The maximum atomic E-state index is 5.16. The van der Waals surface area contributed by atoms with E-state index in [1.165, 1.54) is 58.2 Å². The van der Waals surface area contributed by atoms with Gasteiger partial charge in [0.1, 0.15) is 0 Å². The highest BCUT2D eigenvalue weighted by Gasteiger charge is 2.05. The van der Waals surface area contributed by atoms with Crippen molar-refractivity contribution in [3.8, 4) is 0 Å². The first-order valence-electron chi connectivity index (χ1n) is 7.49. The van der Waals surface area contributed by atoms with Crippen LogP contribution in [0.1, 0.15) is 59.3 Å². The summed E-state index contributed by atoms with van der Waals surface area (Å²) in [7, 11) is 1.80. The van der Waals surface area contributed by atoms with Gasteiger partial charge in [-0.2, -0.15) is 0 Å². The lowest BCUT2D eigenvalue weighted by atomic mass is 9.95. The Kier molecular flexibility index (Phi) is 12.3. The highest BCUT2D eigenvalue weighted by atomic mass is 16.5. The summed E-state index contributed by atoms with van der Waals surface area (Å²) in [6.45, 7) is 11.4. The van der Waals surface area contributed by atoms with Gasteiger partial charge >= 0.3 is 0 Å². The first kappa shape index (κ1) is 16.9. The smallest absolute Gasteiger partial charge is 0.0464 e. The van der Waals surface area contributed by atoms with E-state index in [0.717, 1.165) is 12.5 Å². The summed E-state index contributed by atoms with van der Waals surface area (Å²) in [5.74, 6) is 0.878. The quantitative estimate of drug-likeness (QED) is 0.481. The van der Waals surface area contributed by atoms with Crippen molar-refractivity contribution in [1.29, 1.82) is 0 Å². The molecule has 0 aliphatic rings. The summed E-state index contributed by atoms with van der Waals surface area (Å²) in [5.41, 5.74) is 0. The Morgan fingerprint density at radius 1 is 0.941 bits per heavy atom. The van der Waals surface area contributed by atoms with E-state index < -0.39 is 0 Å². The molecule has 2 nitrogen and oxygen atoms in total. The molecule has 0 fully saturated rings. The molecule has 0 aliphatic carbocycles. The molecule has 0 heterocycles. The van der Waals surface area contributed by atoms with Crippen molar-refractivity contribution in [2.45, 2.75) is 59.3 Å². The van der Waals surface area contributed by atoms with E-state index in [9.17, 15) is 0 Å². The summed E-state index contributed by atoms with van der Waals surface area (Å²) >= 11 is 0. The van der Waals surface area contributed by atoms with Crippen LogP contribution in [0.2, 0.25) is 0 Å². The van der Waals surface area contributed by atoms with Gasteiger partial charge in [0, 0.05) is 13.7 Å². The minimum absolute atomic E-state index is 0.878. The van der Waals surface area contributed by atoms with Crippen molar-refractivity contribution in [3.63, 3.8) is 0 Å². The molecule has 0 amide bonds. The zero-order valence-electron chi connectivity index (χ0n) is 12.5. The summed E-state index contributed by atoms with van der Waals surface area (Å²) in [5, 5.41) is 0. The van der Waals surface area contributed by atoms with Gasteiger partial charge in [-0.3, -0.25) is 0 Å². The molecule has 2 heteroatoms. The van der Waals surface area contributed by atoms with E-state index in [0.29, 0.717) is 0 Å². The predicted molar refractivity (Wildman–Crippen MR) is 76.5 cm³/mol. The second-order valence-corrected chi connectivity index (χ2v) is 4.93. The van der Waals surface area contributed by atoms with Gasteiger partial charge in [-0.05, 0) is 38.4 Å². The fourth-order valence-electron chi connectivity index (χ4n) is 2.32. The van der Waals surface area contributed by atoms with Crippen LogP contribution >= 0.6 is 0 Å². The zero-order valence-corrected chi connectivity index (χ0v) is 12.5. The van der Waals surface area contributed by atoms with E-state index >= 15 is 0 Å². The normalized spacial score (nSPS) is 13.2. The van der Waals surface area contributed by atoms with Crippen LogP contribution in [0, 0.1) is 5.92 Å². The Labute approximate surface area is 109 Å². The van der Waals surface area contributed by atoms with Gasteiger partial charge in [-0.1, -0.05) is 46.5 Å². The topological polar surface area (TPSA) is 12.5 Å². The Morgan fingerprint density at radius 2 is 1.65 bits per heavy atom. The molecule has 0 saturated carbocycles. The Balaban J connectivity index is 3.41. The number of rotatable bonds is 12. The van der Waals surface area contributed by atoms with Gasteiger partial charge in [0.2, 0.25) is 0 Å². The SMILES string of the molecule is CC[C@H](CCCCCN(CC)CC)CCOC. The van der Waals surface area contributed by atoms with Crippen molar-refractivity contribution in [2.75, 3.05) is 33.4 Å². The fraction of sp³-hybridized carbons (Fsp3) is 1.00. The van der Waals surface area contributed by atoms with Crippen molar-refractivity contribution < 1.29 is 4.74 Å². The Hall–Kier alpha value is -0.0800. The molecule has 0 spiro atoms. The third-order valence-corrected chi connectivity index (χ3v) is 3.79. The van der Waals surface area contributed by atoms with Crippen molar-refractivity contribution in [2.24, 2.45) is 5.92 Å². The van der Waals surface area contributed by atoms with Gasteiger partial charge in [0.05, 0.1) is 0 Å². The van der Waals surface area contributed by atoms with Gasteiger partial charge in [-0.15, -0.1) is 0 Å². The van der Waals surface area contributed by atoms with E-state index in [2.05, 4.69) is 25.7 Å². The molecule has 0 aliphatic heterocycles. The van der Waals surface area contributed by atoms with E-state index in [-0.39, 0.29) is 0 Å². The molecule has 17 heavy (non-hydrogen) atoms. The van der Waals surface area contributed by atoms with Crippen molar-refractivity contribution >= 4 is 0 Å². The summed E-state index contributed by atoms with van der Waals surface area (Å²) in [6.07, 6.45) is 8.08. The predicted octanol–water partition coefficient (Wildman–Crippen LogP) is 3.95. The molecule has 0 aromatic heterocycles. The molecule has 0 saturated heterocycles. The van der Waals surface area contributed by atoms with E-state index in [1.54, 1.807) is 7.11 Å². The highest BCUT2D eigenvalue weighted by molar-refractivity contribution is 4.59. The number of unbranched alkanes of at least 4 members (excludes halogenated alkanes) is 2. The molecule has 1 atom stereocenters. The van der Waals surface area contributed by atoms with Crippen LogP contribution in [-0.2, 0) is 4.74 Å². The summed E-state index contributed by atoms with van der Waals surface area (Å²) in [6, 6.07) is 0. The second kappa shape index (κ2) is 12.4. The lowest BCUT2D eigenvalue weighted by Gasteiger charge is -2.18. The molecule has 0 unspecified atom stereocenters. The second-order valence-electron chi connectivity index (χ2n) is 4.93. The molecular formula is C15H33NO. The lowest BCUT2D eigenvalue weighted by molar-refractivity contribution is 0.173. The van der Waals surface area contributed by atoms with Gasteiger partial charge in [0.25, 0.3) is 0 Å². The largest absolute Gasteiger partial charge is 0.385 e. The van der Waals surface area contributed by atoms with Crippen LogP contribution in [0.3, 0.4) is 0 Å². The van der Waals surface area contributed by atoms with Crippen LogP contribution in [0.4, 0.5) is 0 Å². The average molecular weight is 243 g/mol. The van der Waals surface area contributed by atoms with Crippen molar-refractivity contribution in [1.82, 2.24) is 4.90 Å². The third kappa shape index (κ3) is 9.61. The van der Waals surface area contributed by atoms with Crippen LogP contribution in [0.15, 0.2) is 0 Å². The third-order valence-electron chi connectivity index (χ3n) is 3.79.